The number of aromatic nitrogens is 1. The Bertz CT molecular complexity index is 1210. The van der Waals surface area contributed by atoms with Crippen molar-refractivity contribution in [3.63, 3.8) is 0 Å². The number of fused-ring (bicyclic) bond motifs is 2. The number of rotatable bonds is 3. The normalized spacial score (nSPS) is 21.0. The molecule has 0 bridgehead atoms. The first-order valence-electron chi connectivity index (χ1n) is 10.1. The number of pyridine rings is 1. The smallest absolute Gasteiger partial charge is 0.258 e. The molecule has 158 valence electrons. The molecule has 31 heavy (non-hydrogen) atoms. The van der Waals surface area contributed by atoms with Crippen molar-refractivity contribution in [2.24, 2.45) is 0 Å². The summed E-state index contributed by atoms with van der Waals surface area (Å²) in [6.07, 6.45) is 2.52. The van der Waals surface area contributed by atoms with E-state index in [2.05, 4.69) is 22.4 Å². The molecule has 3 aromatic rings. The molecule has 0 radical (unpaired) electrons. The number of hydrogen-bond donors (Lipinski definition) is 2. The van der Waals surface area contributed by atoms with Gasteiger partial charge in [0.05, 0.1) is 10.6 Å². The van der Waals surface area contributed by atoms with Crippen LogP contribution in [0.5, 0.6) is 0 Å². The third-order valence-corrected chi connectivity index (χ3v) is 6.84. The molecule has 1 aromatic heterocycles. The minimum atomic E-state index is -0.683. The van der Waals surface area contributed by atoms with Crippen LogP contribution in [-0.2, 0) is 5.41 Å². The van der Waals surface area contributed by atoms with Crippen LogP contribution in [0.4, 0.5) is 15.9 Å². The van der Waals surface area contributed by atoms with Crippen LogP contribution in [-0.4, -0.2) is 36.4 Å². The van der Waals surface area contributed by atoms with Crippen molar-refractivity contribution < 1.29 is 9.18 Å². The monoisotopic (exact) mass is 436 g/mol. The highest BCUT2D eigenvalue weighted by atomic mass is 35.5. The van der Waals surface area contributed by atoms with Gasteiger partial charge in [-0.05, 0) is 30.0 Å². The van der Waals surface area contributed by atoms with Crippen LogP contribution in [0.1, 0.15) is 33.8 Å². The van der Waals surface area contributed by atoms with Gasteiger partial charge in [-0.2, -0.15) is 0 Å². The van der Waals surface area contributed by atoms with Gasteiger partial charge < -0.3 is 16.0 Å². The van der Waals surface area contributed by atoms with Gasteiger partial charge in [0.2, 0.25) is 0 Å². The summed E-state index contributed by atoms with van der Waals surface area (Å²) >= 11 is 6.90. The van der Waals surface area contributed by atoms with E-state index in [1.165, 1.54) is 16.5 Å². The lowest BCUT2D eigenvalue weighted by molar-refractivity contribution is 0.0824. The number of nitrogen functional groups attached to an aromatic ring is 1. The molecule has 1 aliphatic heterocycles. The molecule has 2 aromatic carbocycles. The van der Waals surface area contributed by atoms with E-state index in [1.807, 2.05) is 18.2 Å². The highest BCUT2D eigenvalue weighted by Gasteiger charge is 2.60. The Balaban J connectivity index is 1.62. The Labute approximate surface area is 185 Å². The van der Waals surface area contributed by atoms with Crippen LogP contribution in [0.3, 0.4) is 0 Å². The van der Waals surface area contributed by atoms with Crippen molar-refractivity contribution in [3.8, 4) is 11.1 Å². The number of benzene rings is 2. The first-order valence-corrected chi connectivity index (χ1v) is 10.5. The van der Waals surface area contributed by atoms with E-state index in [0.29, 0.717) is 16.5 Å². The minimum absolute atomic E-state index is 0.0923. The summed E-state index contributed by atoms with van der Waals surface area (Å²) in [5.74, 6) is -0.101. The zero-order valence-electron chi connectivity index (χ0n) is 17.2. The second-order valence-electron chi connectivity index (χ2n) is 8.48. The molecule has 2 aliphatic rings. The van der Waals surface area contributed by atoms with Crippen molar-refractivity contribution in [1.82, 2.24) is 9.88 Å². The fraction of sp³-hybridized carbons (Fsp3) is 0.250. The molecular weight excluding hydrogens is 415 g/mol. The molecule has 1 spiro atoms. The maximum atomic E-state index is 15.5. The van der Waals surface area contributed by atoms with Gasteiger partial charge in [0.1, 0.15) is 11.6 Å². The van der Waals surface area contributed by atoms with Crippen LogP contribution in [0.15, 0.2) is 48.7 Å². The van der Waals surface area contributed by atoms with Gasteiger partial charge in [0, 0.05) is 54.6 Å². The van der Waals surface area contributed by atoms with E-state index in [9.17, 15) is 4.79 Å². The maximum absolute atomic E-state index is 15.5. The Kier molecular flexibility index (Phi) is 4.45. The Morgan fingerprint density at radius 1 is 1.23 bits per heavy atom. The number of amides is 1. The molecule has 1 amide bonds. The topological polar surface area (TPSA) is 71.2 Å². The van der Waals surface area contributed by atoms with Crippen molar-refractivity contribution in [2.45, 2.75) is 17.8 Å². The van der Waals surface area contributed by atoms with Crippen molar-refractivity contribution in [2.75, 3.05) is 31.7 Å². The summed E-state index contributed by atoms with van der Waals surface area (Å²) < 4.78 is 15.5. The lowest BCUT2D eigenvalue weighted by Gasteiger charge is -2.17. The average molecular weight is 437 g/mol. The van der Waals surface area contributed by atoms with Gasteiger partial charge in [-0.25, -0.2) is 9.37 Å². The van der Waals surface area contributed by atoms with Gasteiger partial charge in [-0.1, -0.05) is 41.9 Å². The third-order valence-electron chi connectivity index (χ3n) is 6.45. The molecule has 0 saturated heterocycles. The van der Waals surface area contributed by atoms with E-state index in [-0.39, 0.29) is 22.2 Å². The molecule has 2 heterocycles. The molecule has 2 atom stereocenters. The number of halogens is 2. The SMILES string of the molecule is CN(C)C(=O)c1c(N)ccc(-c2cnc3c(c2Cl)[C@]2(CN3)C[C@@H]2c2ccccc2)c1F. The van der Waals surface area contributed by atoms with Gasteiger partial charge >= 0.3 is 0 Å². The van der Waals surface area contributed by atoms with Crippen molar-refractivity contribution in [1.29, 1.82) is 0 Å². The predicted molar refractivity (Wildman–Crippen MR) is 121 cm³/mol. The largest absolute Gasteiger partial charge is 0.398 e. The number of nitrogens with one attached hydrogen (secondary N) is 1. The van der Waals surface area contributed by atoms with Crippen LogP contribution in [0, 0.1) is 5.82 Å². The van der Waals surface area contributed by atoms with E-state index >= 15 is 4.39 Å². The first-order chi connectivity index (χ1) is 14.8. The van der Waals surface area contributed by atoms with E-state index in [4.69, 9.17) is 17.3 Å². The Morgan fingerprint density at radius 3 is 2.68 bits per heavy atom. The molecule has 5 rings (SSSR count). The fourth-order valence-corrected chi connectivity index (χ4v) is 5.16. The second kappa shape index (κ2) is 6.95. The number of anilines is 2. The summed E-state index contributed by atoms with van der Waals surface area (Å²) in [5, 5.41) is 3.84. The lowest BCUT2D eigenvalue weighted by Crippen LogP contribution is -2.24. The average Bonchev–Trinajstić information content (AvgIpc) is 3.36. The molecule has 3 N–H and O–H groups in total. The molecular formula is C24H22ClFN4O. The second-order valence-corrected chi connectivity index (χ2v) is 8.86. The van der Waals surface area contributed by atoms with Crippen molar-refractivity contribution in [3.05, 3.63) is 76.2 Å². The quantitative estimate of drug-likeness (QED) is 0.585. The molecule has 5 nitrogen and oxygen atoms in total. The highest BCUT2D eigenvalue weighted by molar-refractivity contribution is 6.34. The third kappa shape index (κ3) is 2.89. The summed E-state index contributed by atoms with van der Waals surface area (Å²) in [4.78, 5) is 18.3. The van der Waals surface area contributed by atoms with E-state index < -0.39 is 11.7 Å². The predicted octanol–water partition coefficient (Wildman–Crippen LogP) is 4.68. The highest BCUT2D eigenvalue weighted by Crippen LogP contribution is 2.66. The van der Waals surface area contributed by atoms with Crippen LogP contribution < -0.4 is 11.1 Å². The maximum Gasteiger partial charge on any atom is 0.258 e. The Morgan fingerprint density at radius 2 is 1.97 bits per heavy atom. The van der Waals surface area contributed by atoms with Crippen LogP contribution in [0.2, 0.25) is 5.02 Å². The minimum Gasteiger partial charge on any atom is -0.398 e. The number of nitrogens with zero attached hydrogens (tertiary/aromatic N) is 2. The lowest BCUT2D eigenvalue weighted by atomic mass is 9.91. The summed E-state index contributed by atoms with van der Waals surface area (Å²) in [6.45, 7) is 0.743. The standard InChI is InChI=1S/C24H22ClFN4O/c1-30(2)23(31)18-17(27)9-8-14(21(18)26)15-11-28-22-19(20(15)25)24(12-29-22)10-16(24)13-6-4-3-5-7-13/h3-9,11,16H,10,12,27H2,1-2H3,(H,28,29)/t16-,24+/m1/s1. The fourth-order valence-electron chi connectivity index (χ4n) is 4.73. The van der Waals surface area contributed by atoms with E-state index in [1.54, 1.807) is 26.4 Å². The molecule has 1 saturated carbocycles. The van der Waals surface area contributed by atoms with Crippen molar-refractivity contribution >= 4 is 29.0 Å². The number of carbonyl (C=O) groups is 1. The van der Waals surface area contributed by atoms with Gasteiger partial charge in [0.15, 0.2) is 0 Å². The molecule has 1 aliphatic carbocycles. The van der Waals surface area contributed by atoms with Gasteiger partial charge in [-0.15, -0.1) is 0 Å². The zero-order valence-corrected chi connectivity index (χ0v) is 18.0. The summed E-state index contributed by atoms with van der Waals surface area (Å²) in [7, 11) is 3.12. The van der Waals surface area contributed by atoms with Gasteiger partial charge in [-0.3, -0.25) is 4.79 Å². The van der Waals surface area contributed by atoms with E-state index in [0.717, 1.165) is 24.3 Å². The molecule has 0 unspecified atom stereocenters. The summed E-state index contributed by atoms with van der Waals surface area (Å²) in [6, 6.07) is 13.4. The Hall–Kier alpha value is -3.12. The zero-order chi connectivity index (χ0) is 21.9. The summed E-state index contributed by atoms with van der Waals surface area (Å²) in [5.41, 5.74) is 8.59. The number of hydrogen-bond acceptors (Lipinski definition) is 4. The van der Waals surface area contributed by atoms with Crippen LogP contribution in [0.25, 0.3) is 11.1 Å². The first kappa shape index (κ1) is 19.8. The van der Waals surface area contributed by atoms with Crippen LogP contribution >= 0.6 is 11.6 Å². The molecule has 7 heteroatoms. The number of carbonyl (C=O) groups excluding carboxylic acids is 1. The molecule has 1 fully saturated rings. The number of nitrogens with two attached hydrogens (primary N) is 1. The van der Waals surface area contributed by atoms with Gasteiger partial charge in [0.25, 0.3) is 5.91 Å².